The van der Waals surface area contributed by atoms with E-state index in [9.17, 15) is 5.11 Å². The number of aromatic nitrogens is 2. The molecule has 2 saturated heterocycles. The summed E-state index contributed by atoms with van der Waals surface area (Å²) in [4.78, 5) is 13.1. The first-order valence-corrected chi connectivity index (χ1v) is 10.5. The predicted molar refractivity (Wildman–Crippen MR) is 111 cm³/mol. The van der Waals surface area contributed by atoms with Crippen LogP contribution < -0.4 is 0 Å². The van der Waals surface area contributed by atoms with Crippen molar-refractivity contribution in [3.63, 3.8) is 0 Å². The Morgan fingerprint density at radius 3 is 2.61 bits per heavy atom. The van der Waals surface area contributed by atoms with E-state index < -0.39 is 5.60 Å². The minimum Gasteiger partial charge on any atom is -0.388 e. The smallest absolute Gasteiger partial charge is 0.121 e. The number of hydrogen-bond acceptors (Lipinski definition) is 5. The molecular weight excluding hydrogens is 352 g/mol. The van der Waals surface area contributed by atoms with Crippen LogP contribution in [0.2, 0.25) is 0 Å². The molecule has 0 saturated carbocycles. The largest absolute Gasteiger partial charge is 0.388 e. The van der Waals surface area contributed by atoms with Gasteiger partial charge in [-0.1, -0.05) is 19.9 Å². The van der Waals surface area contributed by atoms with E-state index in [0.717, 1.165) is 75.8 Å². The first kappa shape index (κ1) is 19.8. The average Bonchev–Trinajstić information content (AvgIpc) is 3.06. The first-order chi connectivity index (χ1) is 13.3. The number of β-amino-alcohol motifs (C(OH)–C–C–N with tert-alkyl or cyclic N) is 1. The molecule has 6 nitrogen and oxygen atoms in total. The molecule has 1 atom stereocenters. The van der Waals surface area contributed by atoms with Gasteiger partial charge in [-0.25, -0.2) is 4.98 Å². The molecule has 2 aliphatic heterocycles. The van der Waals surface area contributed by atoms with Gasteiger partial charge in [-0.05, 0) is 37.5 Å². The quantitative estimate of drug-likeness (QED) is 0.845. The maximum atomic E-state index is 11.5. The van der Waals surface area contributed by atoms with E-state index in [2.05, 4.69) is 54.6 Å². The minimum absolute atomic E-state index is 0.178. The SMILES string of the molecule is Cc1ccc2[nH]c(CN3CC[C@@](O)(CN4CCOCC4)C(C)(C)C3)nc2c1C. The van der Waals surface area contributed by atoms with Gasteiger partial charge >= 0.3 is 0 Å². The van der Waals surface area contributed by atoms with Gasteiger partial charge in [0, 0.05) is 38.1 Å². The van der Waals surface area contributed by atoms with Gasteiger partial charge in [0.15, 0.2) is 0 Å². The zero-order valence-corrected chi connectivity index (χ0v) is 17.7. The lowest BCUT2D eigenvalue weighted by molar-refractivity contribution is -0.141. The van der Waals surface area contributed by atoms with Crippen LogP contribution in [0.4, 0.5) is 0 Å². The van der Waals surface area contributed by atoms with Crippen LogP contribution in [0.5, 0.6) is 0 Å². The van der Waals surface area contributed by atoms with E-state index in [4.69, 9.17) is 9.72 Å². The van der Waals surface area contributed by atoms with Crippen LogP contribution in [0, 0.1) is 19.3 Å². The first-order valence-electron chi connectivity index (χ1n) is 10.5. The van der Waals surface area contributed by atoms with Crippen molar-refractivity contribution in [2.45, 2.75) is 46.3 Å². The van der Waals surface area contributed by atoms with Gasteiger partial charge in [-0.2, -0.15) is 0 Å². The third-order valence-corrected chi connectivity index (χ3v) is 6.91. The summed E-state index contributed by atoms with van der Waals surface area (Å²) in [6.07, 6.45) is 0.787. The Morgan fingerprint density at radius 1 is 1.14 bits per heavy atom. The summed E-state index contributed by atoms with van der Waals surface area (Å²) in [5.74, 6) is 1.01. The summed E-state index contributed by atoms with van der Waals surface area (Å²) in [5.41, 5.74) is 3.87. The molecule has 2 N–H and O–H groups in total. The van der Waals surface area contributed by atoms with Crippen molar-refractivity contribution in [3.8, 4) is 0 Å². The number of morpholine rings is 1. The summed E-state index contributed by atoms with van der Waals surface area (Å²) in [6, 6.07) is 4.27. The highest BCUT2D eigenvalue weighted by molar-refractivity contribution is 5.79. The van der Waals surface area contributed by atoms with E-state index in [-0.39, 0.29) is 5.41 Å². The number of aromatic amines is 1. The number of fused-ring (bicyclic) bond motifs is 1. The number of nitrogens with one attached hydrogen (secondary N) is 1. The minimum atomic E-state index is -0.664. The average molecular weight is 387 g/mol. The Balaban J connectivity index is 1.45. The van der Waals surface area contributed by atoms with Gasteiger partial charge in [-0.15, -0.1) is 0 Å². The number of hydrogen-bond donors (Lipinski definition) is 2. The zero-order valence-electron chi connectivity index (χ0n) is 17.7. The summed E-state index contributed by atoms with van der Waals surface area (Å²) in [5, 5.41) is 11.5. The van der Waals surface area contributed by atoms with Crippen molar-refractivity contribution in [2.75, 3.05) is 45.9 Å². The molecule has 2 aromatic rings. The molecule has 4 rings (SSSR count). The van der Waals surface area contributed by atoms with E-state index in [1.165, 1.54) is 11.1 Å². The zero-order chi connectivity index (χ0) is 19.9. The third kappa shape index (κ3) is 3.71. The highest BCUT2D eigenvalue weighted by atomic mass is 16.5. The van der Waals surface area contributed by atoms with Gasteiger partial charge in [0.25, 0.3) is 0 Å². The predicted octanol–water partition coefficient (Wildman–Crippen LogP) is 2.47. The molecular formula is C22H34N4O2. The van der Waals surface area contributed by atoms with E-state index in [1.807, 2.05) is 0 Å². The molecule has 154 valence electrons. The van der Waals surface area contributed by atoms with Crippen LogP contribution in [-0.4, -0.2) is 76.4 Å². The number of nitrogens with zero attached hydrogens (tertiary/aromatic N) is 3. The van der Waals surface area contributed by atoms with E-state index >= 15 is 0 Å². The molecule has 3 heterocycles. The molecule has 2 fully saturated rings. The fraction of sp³-hybridized carbons (Fsp3) is 0.682. The van der Waals surface area contributed by atoms with Gasteiger partial charge in [0.05, 0.1) is 36.4 Å². The molecule has 0 amide bonds. The Hall–Kier alpha value is -1.47. The summed E-state index contributed by atoms with van der Waals surface area (Å²) < 4.78 is 5.46. The molecule has 0 bridgehead atoms. The second-order valence-corrected chi connectivity index (χ2v) is 9.35. The van der Waals surface area contributed by atoms with E-state index in [1.54, 1.807) is 0 Å². The molecule has 2 aliphatic rings. The molecule has 0 aliphatic carbocycles. The highest BCUT2D eigenvalue weighted by Gasteiger charge is 2.48. The van der Waals surface area contributed by atoms with Crippen molar-refractivity contribution in [2.24, 2.45) is 5.41 Å². The number of likely N-dealkylation sites (tertiary alicyclic amines) is 1. The van der Waals surface area contributed by atoms with Crippen molar-refractivity contribution < 1.29 is 9.84 Å². The van der Waals surface area contributed by atoms with Crippen LogP contribution in [0.1, 0.15) is 37.2 Å². The number of ether oxygens (including phenoxy) is 1. The van der Waals surface area contributed by atoms with Crippen molar-refractivity contribution in [1.29, 1.82) is 0 Å². The lowest BCUT2D eigenvalue weighted by atomic mass is 9.69. The molecule has 1 aromatic carbocycles. The summed E-state index contributed by atoms with van der Waals surface area (Å²) >= 11 is 0. The van der Waals surface area contributed by atoms with E-state index in [0.29, 0.717) is 0 Å². The molecule has 28 heavy (non-hydrogen) atoms. The van der Waals surface area contributed by atoms with Gasteiger partial charge in [0.2, 0.25) is 0 Å². The van der Waals surface area contributed by atoms with Crippen LogP contribution in [0.15, 0.2) is 12.1 Å². The Kier molecular flexibility index (Phi) is 5.25. The van der Waals surface area contributed by atoms with Gasteiger partial charge in [0.1, 0.15) is 5.82 Å². The standard InChI is InChI=1S/C22H34N4O2/c1-16-5-6-18-20(17(16)2)24-19(23-18)13-26-8-7-22(27,21(3,4)14-26)15-25-9-11-28-12-10-25/h5-6,27H,7-15H2,1-4H3,(H,23,24)/t22-/m1/s1. The Morgan fingerprint density at radius 2 is 1.89 bits per heavy atom. The molecule has 0 radical (unpaired) electrons. The topological polar surface area (TPSA) is 64.6 Å². The van der Waals surface area contributed by atoms with Gasteiger partial charge < -0.3 is 14.8 Å². The number of piperidine rings is 1. The number of imidazole rings is 1. The van der Waals surface area contributed by atoms with Crippen LogP contribution in [-0.2, 0) is 11.3 Å². The normalized spacial score (nSPS) is 26.8. The fourth-order valence-electron chi connectivity index (χ4n) is 4.67. The van der Waals surface area contributed by atoms with Gasteiger partial charge in [-0.3, -0.25) is 9.80 Å². The second kappa shape index (κ2) is 7.41. The molecule has 1 aromatic heterocycles. The third-order valence-electron chi connectivity index (χ3n) is 6.91. The lowest BCUT2D eigenvalue weighted by Gasteiger charge is -2.52. The molecule has 6 heteroatoms. The molecule has 0 spiro atoms. The number of benzene rings is 1. The van der Waals surface area contributed by atoms with Crippen LogP contribution >= 0.6 is 0 Å². The van der Waals surface area contributed by atoms with Crippen molar-refractivity contribution in [3.05, 3.63) is 29.1 Å². The maximum Gasteiger partial charge on any atom is 0.121 e. The van der Waals surface area contributed by atoms with Crippen LogP contribution in [0.25, 0.3) is 11.0 Å². The lowest BCUT2D eigenvalue weighted by Crippen LogP contribution is -2.62. The maximum absolute atomic E-state index is 11.5. The highest BCUT2D eigenvalue weighted by Crippen LogP contribution is 2.39. The summed E-state index contributed by atoms with van der Waals surface area (Å²) in [6.45, 7) is 15.3. The number of H-pyrrole nitrogens is 1. The second-order valence-electron chi connectivity index (χ2n) is 9.35. The van der Waals surface area contributed by atoms with Crippen LogP contribution in [0.3, 0.4) is 0 Å². The number of rotatable bonds is 4. The fourth-order valence-corrected chi connectivity index (χ4v) is 4.67. The number of aliphatic hydroxyl groups is 1. The Bertz CT molecular complexity index is 840. The molecule has 0 unspecified atom stereocenters. The number of aryl methyl sites for hydroxylation is 2. The monoisotopic (exact) mass is 386 g/mol. The Labute approximate surface area is 167 Å². The van der Waals surface area contributed by atoms with Crippen molar-refractivity contribution in [1.82, 2.24) is 19.8 Å². The summed E-state index contributed by atoms with van der Waals surface area (Å²) in [7, 11) is 0. The van der Waals surface area contributed by atoms with Crippen molar-refractivity contribution >= 4 is 11.0 Å².